The van der Waals surface area contributed by atoms with Crippen LogP contribution in [0.4, 0.5) is 0 Å². The number of hydrogen-bond acceptors (Lipinski definition) is 7. The van der Waals surface area contributed by atoms with Crippen LogP contribution in [-0.4, -0.2) is 68.4 Å². The first-order valence-corrected chi connectivity index (χ1v) is 13.8. The minimum absolute atomic E-state index is 0.0839. The molecule has 11 nitrogen and oxygen atoms in total. The second-order valence-electron chi connectivity index (χ2n) is 10.1. The monoisotopic (exact) mass is 557 g/mol. The Labute approximate surface area is 238 Å². The van der Waals surface area contributed by atoms with Gasteiger partial charge in [-0.25, -0.2) is 14.8 Å². The standard InChI is InChI=1S/C30H35N7O4/c1-5-40-30(39)21-8-6-7-9-26(21)41-15-13-32-29(38)20-10-11-23-25(16-20)36(4)28(35-23)18(2)27-33-22-12-14-37(19(3)31)17-24(22)34-27/h6-11,16,18,31H,5,12-15,17H2,1-4H3,(H,32,38)(H,33,34). The van der Waals surface area contributed by atoms with Crippen LogP contribution in [0.2, 0.25) is 0 Å². The summed E-state index contributed by atoms with van der Waals surface area (Å²) in [6, 6.07) is 12.3. The maximum absolute atomic E-state index is 12.9. The van der Waals surface area contributed by atoms with E-state index in [1.807, 2.05) is 28.6 Å². The number of aryl methyl sites for hydroxylation is 1. The average molecular weight is 558 g/mol. The van der Waals surface area contributed by atoms with Gasteiger partial charge in [-0.3, -0.25) is 10.2 Å². The van der Waals surface area contributed by atoms with Crippen molar-refractivity contribution in [2.45, 2.75) is 39.7 Å². The molecule has 214 valence electrons. The summed E-state index contributed by atoms with van der Waals surface area (Å²) in [6.07, 6.45) is 0.804. The fourth-order valence-electron chi connectivity index (χ4n) is 5.06. The lowest BCUT2D eigenvalue weighted by Crippen LogP contribution is -2.33. The quantitative estimate of drug-likeness (QED) is 0.123. The van der Waals surface area contributed by atoms with Crippen LogP contribution in [-0.2, 0) is 24.8 Å². The van der Waals surface area contributed by atoms with Gasteiger partial charge in [0, 0.05) is 25.6 Å². The summed E-state index contributed by atoms with van der Waals surface area (Å²) in [5.74, 6) is 1.91. The second kappa shape index (κ2) is 11.8. The summed E-state index contributed by atoms with van der Waals surface area (Å²) >= 11 is 0. The molecule has 0 saturated heterocycles. The molecule has 2 aromatic heterocycles. The largest absolute Gasteiger partial charge is 0.491 e. The van der Waals surface area contributed by atoms with Crippen molar-refractivity contribution < 1.29 is 19.1 Å². The third-order valence-electron chi connectivity index (χ3n) is 7.33. The maximum atomic E-state index is 12.9. The molecule has 0 aliphatic carbocycles. The van der Waals surface area contributed by atoms with E-state index in [0.717, 1.165) is 47.0 Å². The first-order chi connectivity index (χ1) is 19.8. The van der Waals surface area contributed by atoms with Crippen molar-refractivity contribution >= 4 is 28.7 Å². The summed E-state index contributed by atoms with van der Waals surface area (Å²) in [7, 11) is 1.95. The highest BCUT2D eigenvalue weighted by Crippen LogP contribution is 2.28. The number of fused-ring (bicyclic) bond motifs is 2. The van der Waals surface area contributed by atoms with Crippen molar-refractivity contribution in [3.05, 3.63) is 76.6 Å². The number of aromatic nitrogens is 4. The highest BCUT2D eigenvalue weighted by molar-refractivity contribution is 5.97. The van der Waals surface area contributed by atoms with Crippen molar-refractivity contribution in [1.82, 2.24) is 29.7 Å². The lowest BCUT2D eigenvalue weighted by Gasteiger charge is -2.26. The van der Waals surface area contributed by atoms with Crippen LogP contribution >= 0.6 is 0 Å². The highest BCUT2D eigenvalue weighted by atomic mass is 16.5. The van der Waals surface area contributed by atoms with Gasteiger partial charge >= 0.3 is 5.97 Å². The molecule has 0 bridgehead atoms. The summed E-state index contributed by atoms with van der Waals surface area (Å²) in [4.78, 5) is 40.3. The number of amidine groups is 1. The fourth-order valence-corrected chi connectivity index (χ4v) is 5.06. The average Bonchev–Trinajstić information content (AvgIpc) is 3.55. The Morgan fingerprint density at radius 3 is 2.78 bits per heavy atom. The van der Waals surface area contributed by atoms with Crippen molar-refractivity contribution in [2.24, 2.45) is 7.05 Å². The van der Waals surface area contributed by atoms with Crippen molar-refractivity contribution in [1.29, 1.82) is 5.41 Å². The second-order valence-corrected chi connectivity index (χ2v) is 10.1. The van der Waals surface area contributed by atoms with Gasteiger partial charge in [0.1, 0.15) is 29.6 Å². The van der Waals surface area contributed by atoms with Gasteiger partial charge < -0.3 is 29.2 Å². The van der Waals surface area contributed by atoms with Gasteiger partial charge in [-0.2, -0.15) is 0 Å². The summed E-state index contributed by atoms with van der Waals surface area (Å²) in [5.41, 5.74) is 4.62. The van der Waals surface area contributed by atoms with E-state index in [-0.39, 0.29) is 31.6 Å². The lowest BCUT2D eigenvalue weighted by molar-refractivity contribution is 0.0521. The van der Waals surface area contributed by atoms with Crippen LogP contribution in [0.1, 0.15) is 70.4 Å². The summed E-state index contributed by atoms with van der Waals surface area (Å²) in [5, 5.41) is 10.8. The molecule has 2 aromatic carbocycles. The smallest absolute Gasteiger partial charge is 0.341 e. The number of carbonyl (C=O) groups excluding carboxylic acids is 2. The zero-order chi connectivity index (χ0) is 29.1. The third kappa shape index (κ3) is 5.79. The Bertz CT molecular complexity index is 1610. The molecule has 0 saturated carbocycles. The first-order valence-electron chi connectivity index (χ1n) is 13.8. The van der Waals surface area contributed by atoms with Crippen LogP contribution in [0.25, 0.3) is 11.0 Å². The van der Waals surface area contributed by atoms with E-state index >= 15 is 0 Å². The van der Waals surface area contributed by atoms with Crippen molar-refractivity contribution in [3.63, 3.8) is 0 Å². The van der Waals surface area contributed by atoms with Gasteiger partial charge in [0.2, 0.25) is 0 Å². The molecular weight excluding hydrogens is 522 g/mol. The van der Waals surface area contributed by atoms with Crippen LogP contribution in [0.5, 0.6) is 5.75 Å². The first kappa shape index (κ1) is 27.9. The number of imidazole rings is 2. The van der Waals surface area contributed by atoms with E-state index < -0.39 is 5.97 Å². The van der Waals surface area contributed by atoms with Crippen LogP contribution < -0.4 is 10.1 Å². The molecular formula is C30H35N7O4. The van der Waals surface area contributed by atoms with Gasteiger partial charge in [-0.15, -0.1) is 0 Å². The number of nitrogens with one attached hydrogen (secondary N) is 3. The predicted octanol–water partition coefficient (Wildman–Crippen LogP) is 3.79. The van der Waals surface area contributed by atoms with E-state index in [4.69, 9.17) is 24.9 Å². The highest BCUT2D eigenvalue weighted by Gasteiger charge is 2.25. The van der Waals surface area contributed by atoms with E-state index in [9.17, 15) is 9.59 Å². The van der Waals surface area contributed by atoms with E-state index in [0.29, 0.717) is 29.3 Å². The lowest BCUT2D eigenvalue weighted by atomic mass is 10.1. The number of para-hydroxylation sites is 1. The molecule has 5 rings (SSSR count). The number of rotatable bonds is 9. The molecule has 0 fully saturated rings. The molecule has 1 unspecified atom stereocenters. The molecule has 1 atom stereocenters. The number of nitrogens with zero attached hydrogens (tertiary/aromatic N) is 4. The number of aromatic amines is 1. The van der Waals surface area contributed by atoms with Gasteiger partial charge in [-0.1, -0.05) is 12.1 Å². The molecule has 41 heavy (non-hydrogen) atoms. The van der Waals surface area contributed by atoms with E-state index in [1.54, 1.807) is 44.2 Å². The fraction of sp³-hybridized carbons (Fsp3) is 0.367. The number of ether oxygens (including phenoxy) is 2. The molecule has 0 spiro atoms. The maximum Gasteiger partial charge on any atom is 0.341 e. The molecule has 1 amide bonds. The third-order valence-corrected chi connectivity index (χ3v) is 7.33. The topological polar surface area (TPSA) is 138 Å². The number of amides is 1. The number of H-pyrrole nitrogens is 1. The molecule has 3 heterocycles. The molecule has 0 radical (unpaired) electrons. The van der Waals surface area contributed by atoms with Crippen molar-refractivity contribution in [2.75, 3.05) is 26.3 Å². The van der Waals surface area contributed by atoms with Crippen molar-refractivity contribution in [3.8, 4) is 5.75 Å². The van der Waals surface area contributed by atoms with Gasteiger partial charge in [-0.05, 0) is 51.1 Å². The number of benzene rings is 2. The molecule has 1 aliphatic rings. The number of esters is 1. The predicted molar refractivity (Wildman–Crippen MR) is 155 cm³/mol. The van der Waals surface area contributed by atoms with Crippen LogP contribution in [0, 0.1) is 5.41 Å². The number of hydrogen-bond donors (Lipinski definition) is 3. The Morgan fingerprint density at radius 1 is 1.20 bits per heavy atom. The summed E-state index contributed by atoms with van der Waals surface area (Å²) in [6.45, 7) is 7.82. The zero-order valence-corrected chi connectivity index (χ0v) is 23.8. The van der Waals surface area contributed by atoms with Crippen LogP contribution in [0.3, 0.4) is 0 Å². The Balaban J connectivity index is 1.24. The Kier molecular flexibility index (Phi) is 8.04. The minimum Gasteiger partial charge on any atom is -0.491 e. The normalized spacial score (nSPS) is 13.5. The zero-order valence-electron chi connectivity index (χ0n) is 23.8. The van der Waals surface area contributed by atoms with E-state index in [1.165, 1.54) is 0 Å². The minimum atomic E-state index is -0.443. The SMILES string of the molecule is CCOC(=O)c1ccccc1OCCNC(=O)c1ccc2nc(C(C)c3nc4c([nH]3)CN(C(C)=N)CC4)n(C)c2c1. The van der Waals surface area contributed by atoms with Gasteiger partial charge in [0.15, 0.2) is 0 Å². The molecule has 4 aromatic rings. The Morgan fingerprint density at radius 2 is 2.00 bits per heavy atom. The van der Waals surface area contributed by atoms with Gasteiger partial charge in [0.25, 0.3) is 5.91 Å². The Hall–Kier alpha value is -4.67. The van der Waals surface area contributed by atoms with Gasteiger partial charge in [0.05, 0.1) is 53.9 Å². The van der Waals surface area contributed by atoms with Crippen LogP contribution in [0.15, 0.2) is 42.5 Å². The molecule has 11 heteroatoms. The summed E-state index contributed by atoms with van der Waals surface area (Å²) < 4.78 is 12.8. The molecule has 3 N–H and O–H groups in total. The number of carbonyl (C=O) groups is 2. The molecule has 1 aliphatic heterocycles. The van der Waals surface area contributed by atoms with E-state index in [2.05, 4.69) is 17.2 Å².